The standard InChI is InChI=1S/C21H24N4O2/c1-22-21-17-13-23-16(10-15(17)12-24-21)11-19(26)25-20(18-8-5-9-27-18)14-6-3-2-4-7-14/h2-4,6-7,10,13,18,20H,5,8-9,11-12H2,1H3,(H,22,24)(H,25,26). The normalized spacial score (nSPS) is 20.9. The fraction of sp³-hybridized carbons (Fsp3) is 0.381. The van der Waals surface area contributed by atoms with E-state index in [0.717, 1.165) is 54.2 Å². The predicted octanol–water partition coefficient (Wildman–Crippen LogP) is 2.14. The lowest BCUT2D eigenvalue weighted by molar-refractivity contribution is -0.122. The summed E-state index contributed by atoms with van der Waals surface area (Å²) in [7, 11) is 1.76. The number of carbonyl (C=O) groups excluding carboxylic acids is 1. The topological polar surface area (TPSA) is 75.6 Å². The van der Waals surface area contributed by atoms with Crippen molar-refractivity contribution in [1.82, 2.24) is 15.6 Å². The first kappa shape index (κ1) is 17.7. The number of aliphatic imine (C=N–C) groups is 1. The lowest BCUT2D eigenvalue weighted by Crippen LogP contribution is -2.37. The second-order valence-corrected chi connectivity index (χ2v) is 6.94. The molecule has 4 rings (SSSR count). The fourth-order valence-corrected chi connectivity index (χ4v) is 3.78. The van der Waals surface area contributed by atoms with Gasteiger partial charge in [0.25, 0.3) is 0 Å². The van der Waals surface area contributed by atoms with Crippen LogP contribution in [-0.2, 0) is 22.5 Å². The molecule has 2 aromatic rings. The van der Waals surface area contributed by atoms with E-state index in [0.29, 0.717) is 0 Å². The molecule has 2 aliphatic heterocycles. The van der Waals surface area contributed by atoms with Crippen LogP contribution in [0.2, 0.25) is 0 Å². The predicted molar refractivity (Wildman–Crippen MR) is 104 cm³/mol. The summed E-state index contributed by atoms with van der Waals surface area (Å²) in [6.45, 7) is 1.48. The summed E-state index contributed by atoms with van der Waals surface area (Å²) in [5.74, 6) is 0.818. The fourth-order valence-electron chi connectivity index (χ4n) is 3.78. The third-order valence-electron chi connectivity index (χ3n) is 5.12. The lowest BCUT2D eigenvalue weighted by atomic mass is 9.99. The highest BCUT2D eigenvalue weighted by molar-refractivity contribution is 6.02. The monoisotopic (exact) mass is 364 g/mol. The quantitative estimate of drug-likeness (QED) is 0.852. The molecule has 1 aromatic heterocycles. The Hall–Kier alpha value is -2.73. The molecule has 0 bridgehead atoms. The van der Waals surface area contributed by atoms with Crippen LogP contribution in [0.3, 0.4) is 0 Å². The maximum Gasteiger partial charge on any atom is 0.226 e. The molecule has 0 radical (unpaired) electrons. The summed E-state index contributed by atoms with van der Waals surface area (Å²) in [4.78, 5) is 21.4. The molecule has 0 aliphatic carbocycles. The molecule has 1 aromatic carbocycles. The van der Waals surface area contributed by atoms with Gasteiger partial charge in [0.1, 0.15) is 5.84 Å². The Kier molecular flexibility index (Phi) is 5.16. The Labute approximate surface area is 159 Å². The minimum atomic E-state index is -0.129. The molecule has 2 unspecified atom stereocenters. The van der Waals surface area contributed by atoms with Gasteiger partial charge >= 0.3 is 0 Å². The van der Waals surface area contributed by atoms with Crippen molar-refractivity contribution in [1.29, 1.82) is 0 Å². The minimum Gasteiger partial charge on any atom is -0.376 e. The van der Waals surface area contributed by atoms with E-state index in [1.807, 2.05) is 36.4 Å². The first-order valence-corrected chi connectivity index (χ1v) is 9.39. The van der Waals surface area contributed by atoms with Crippen LogP contribution in [0.25, 0.3) is 0 Å². The van der Waals surface area contributed by atoms with E-state index in [1.165, 1.54) is 0 Å². The molecule has 1 amide bonds. The number of pyridine rings is 1. The summed E-state index contributed by atoms with van der Waals surface area (Å²) in [6, 6.07) is 11.9. The number of nitrogens with zero attached hydrogens (tertiary/aromatic N) is 2. The van der Waals surface area contributed by atoms with E-state index in [2.05, 4.69) is 20.6 Å². The summed E-state index contributed by atoms with van der Waals surface area (Å²) in [5, 5.41) is 6.40. The third-order valence-corrected chi connectivity index (χ3v) is 5.12. The van der Waals surface area contributed by atoms with Crippen molar-refractivity contribution in [3.05, 3.63) is 65.0 Å². The molecule has 0 spiro atoms. The van der Waals surface area contributed by atoms with E-state index >= 15 is 0 Å². The number of rotatable bonds is 5. The zero-order chi connectivity index (χ0) is 18.6. The number of nitrogens with one attached hydrogen (secondary N) is 2. The number of amidine groups is 1. The second kappa shape index (κ2) is 7.88. The highest BCUT2D eigenvalue weighted by Gasteiger charge is 2.29. The van der Waals surface area contributed by atoms with Crippen molar-refractivity contribution in [3.8, 4) is 0 Å². The van der Waals surface area contributed by atoms with Crippen LogP contribution >= 0.6 is 0 Å². The van der Waals surface area contributed by atoms with E-state index in [9.17, 15) is 4.79 Å². The molecule has 140 valence electrons. The van der Waals surface area contributed by atoms with Gasteiger partial charge in [-0.3, -0.25) is 14.8 Å². The molecule has 0 saturated carbocycles. The first-order valence-electron chi connectivity index (χ1n) is 9.39. The largest absolute Gasteiger partial charge is 0.376 e. The SMILES string of the molecule is CN=C1NCc2cc(CC(=O)NC(c3ccccc3)C3CCCO3)ncc21. The number of benzene rings is 1. The maximum atomic E-state index is 12.7. The van der Waals surface area contributed by atoms with E-state index < -0.39 is 0 Å². The summed E-state index contributed by atoms with van der Waals surface area (Å²) in [6.07, 6.45) is 4.07. The van der Waals surface area contributed by atoms with Crippen molar-refractivity contribution < 1.29 is 9.53 Å². The van der Waals surface area contributed by atoms with Crippen molar-refractivity contribution in [2.75, 3.05) is 13.7 Å². The van der Waals surface area contributed by atoms with Crippen LogP contribution in [0.4, 0.5) is 0 Å². The zero-order valence-corrected chi connectivity index (χ0v) is 15.4. The van der Waals surface area contributed by atoms with Gasteiger partial charge in [0.2, 0.25) is 5.91 Å². The number of fused-ring (bicyclic) bond motifs is 1. The number of aromatic nitrogens is 1. The van der Waals surface area contributed by atoms with E-state index in [-0.39, 0.29) is 24.5 Å². The summed E-state index contributed by atoms with van der Waals surface area (Å²) >= 11 is 0. The Morgan fingerprint density at radius 1 is 1.41 bits per heavy atom. The smallest absolute Gasteiger partial charge is 0.226 e. The molecule has 2 N–H and O–H groups in total. The minimum absolute atomic E-state index is 0.0249. The summed E-state index contributed by atoms with van der Waals surface area (Å²) < 4.78 is 5.85. The number of carbonyl (C=O) groups is 1. The van der Waals surface area contributed by atoms with Crippen LogP contribution in [0.1, 0.15) is 41.3 Å². The van der Waals surface area contributed by atoms with Crippen LogP contribution in [0.15, 0.2) is 47.6 Å². The molecule has 6 heteroatoms. The Morgan fingerprint density at radius 2 is 2.26 bits per heavy atom. The first-order chi connectivity index (χ1) is 13.2. The van der Waals surface area contributed by atoms with Gasteiger partial charge in [-0.1, -0.05) is 30.3 Å². The number of hydrogen-bond donors (Lipinski definition) is 2. The van der Waals surface area contributed by atoms with Crippen molar-refractivity contribution >= 4 is 11.7 Å². The van der Waals surface area contributed by atoms with Gasteiger partial charge in [0.05, 0.1) is 24.3 Å². The lowest BCUT2D eigenvalue weighted by Gasteiger charge is -2.24. The van der Waals surface area contributed by atoms with Crippen molar-refractivity contribution in [3.63, 3.8) is 0 Å². The van der Waals surface area contributed by atoms with Crippen LogP contribution < -0.4 is 10.6 Å². The van der Waals surface area contributed by atoms with Gasteiger partial charge in [-0.2, -0.15) is 0 Å². The van der Waals surface area contributed by atoms with Gasteiger partial charge < -0.3 is 15.4 Å². The van der Waals surface area contributed by atoms with Crippen molar-refractivity contribution in [2.45, 2.75) is 38.0 Å². The molecule has 6 nitrogen and oxygen atoms in total. The highest BCUT2D eigenvalue weighted by Crippen LogP contribution is 2.27. The number of hydrogen-bond acceptors (Lipinski definition) is 4. The van der Waals surface area contributed by atoms with Gasteiger partial charge in [0, 0.05) is 32.0 Å². The summed E-state index contributed by atoms with van der Waals surface area (Å²) in [5.41, 5.74) is 3.99. The number of ether oxygens (including phenoxy) is 1. The molecular weight excluding hydrogens is 340 g/mol. The van der Waals surface area contributed by atoms with Crippen LogP contribution in [0.5, 0.6) is 0 Å². The van der Waals surface area contributed by atoms with Gasteiger partial charge in [-0.15, -0.1) is 0 Å². The van der Waals surface area contributed by atoms with Crippen molar-refractivity contribution in [2.24, 2.45) is 4.99 Å². The average Bonchev–Trinajstić information content (AvgIpc) is 3.36. The molecule has 1 fully saturated rings. The Bertz CT molecular complexity index is 845. The molecular formula is C21H24N4O2. The average molecular weight is 364 g/mol. The maximum absolute atomic E-state index is 12.7. The van der Waals surface area contributed by atoms with Gasteiger partial charge in [-0.25, -0.2) is 0 Å². The second-order valence-electron chi connectivity index (χ2n) is 6.94. The Morgan fingerprint density at radius 3 is 3.00 bits per heavy atom. The van der Waals surface area contributed by atoms with E-state index in [4.69, 9.17) is 4.74 Å². The van der Waals surface area contributed by atoms with Gasteiger partial charge in [0.15, 0.2) is 0 Å². The van der Waals surface area contributed by atoms with Crippen LogP contribution in [-0.4, -0.2) is 36.5 Å². The zero-order valence-electron chi connectivity index (χ0n) is 15.4. The van der Waals surface area contributed by atoms with Crippen LogP contribution in [0, 0.1) is 0 Å². The van der Waals surface area contributed by atoms with E-state index in [1.54, 1.807) is 13.2 Å². The molecule has 27 heavy (non-hydrogen) atoms. The molecule has 1 saturated heterocycles. The third kappa shape index (κ3) is 3.85. The molecule has 2 aliphatic rings. The Balaban J connectivity index is 1.47. The molecule has 2 atom stereocenters. The molecule has 3 heterocycles. The van der Waals surface area contributed by atoms with Gasteiger partial charge in [-0.05, 0) is 30.0 Å². The number of amides is 1. The highest BCUT2D eigenvalue weighted by atomic mass is 16.5.